The van der Waals surface area contributed by atoms with Crippen LogP contribution >= 0.6 is 11.6 Å². The lowest BCUT2D eigenvalue weighted by Gasteiger charge is -2.06. The zero-order valence-corrected chi connectivity index (χ0v) is 10.5. The van der Waals surface area contributed by atoms with Crippen LogP contribution in [0.15, 0.2) is 6.33 Å². The van der Waals surface area contributed by atoms with Crippen molar-refractivity contribution in [3.8, 4) is 0 Å². The van der Waals surface area contributed by atoms with Crippen LogP contribution in [0.2, 0.25) is 5.15 Å². The molecule has 5 heteroatoms. The van der Waals surface area contributed by atoms with E-state index < -0.39 is 0 Å². The van der Waals surface area contributed by atoms with Gasteiger partial charge in [0.1, 0.15) is 17.7 Å². The molecule has 2 aromatic rings. The van der Waals surface area contributed by atoms with Crippen molar-refractivity contribution in [1.82, 2.24) is 19.5 Å². The van der Waals surface area contributed by atoms with E-state index >= 15 is 0 Å². The van der Waals surface area contributed by atoms with Gasteiger partial charge in [-0.15, -0.1) is 0 Å². The Labute approximate surface area is 99.7 Å². The molecule has 0 atom stereocenters. The minimum atomic E-state index is 0.433. The van der Waals surface area contributed by atoms with Crippen LogP contribution in [0.1, 0.15) is 26.6 Å². The molecular weight excluding hydrogens is 224 g/mol. The van der Waals surface area contributed by atoms with Crippen molar-refractivity contribution in [2.24, 2.45) is 5.92 Å². The highest BCUT2D eigenvalue weighted by Gasteiger charge is 2.14. The zero-order chi connectivity index (χ0) is 11.7. The summed E-state index contributed by atoms with van der Waals surface area (Å²) in [7, 11) is 0. The summed E-state index contributed by atoms with van der Waals surface area (Å²) in [5, 5.41) is 0.433. The maximum atomic E-state index is 6.01. The van der Waals surface area contributed by atoms with E-state index in [0.717, 1.165) is 24.4 Å². The van der Waals surface area contributed by atoms with Gasteiger partial charge in [-0.2, -0.15) is 0 Å². The maximum absolute atomic E-state index is 6.01. The average Bonchev–Trinajstić information content (AvgIpc) is 2.56. The second-order valence-electron chi connectivity index (χ2n) is 4.21. The van der Waals surface area contributed by atoms with Crippen molar-refractivity contribution < 1.29 is 0 Å². The van der Waals surface area contributed by atoms with Crippen molar-refractivity contribution in [3.63, 3.8) is 0 Å². The van der Waals surface area contributed by atoms with E-state index in [4.69, 9.17) is 11.6 Å². The van der Waals surface area contributed by atoms with E-state index in [2.05, 4.69) is 40.3 Å². The molecule has 0 unspecified atom stereocenters. The summed E-state index contributed by atoms with van der Waals surface area (Å²) < 4.78 is 2.10. The Balaban J connectivity index is 2.61. The minimum absolute atomic E-state index is 0.433. The van der Waals surface area contributed by atoms with E-state index in [0.29, 0.717) is 16.6 Å². The van der Waals surface area contributed by atoms with Crippen LogP contribution in [-0.4, -0.2) is 19.5 Å². The Morgan fingerprint density at radius 2 is 2.12 bits per heavy atom. The molecule has 0 fully saturated rings. The maximum Gasteiger partial charge on any atom is 0.164 e. The molecule has 2 aromatic heterocycles. The standard InChI is InChI=1S/C11H15ClN4/c1-4-16-8(5-7(2)3)15-9-10(12)13-6-14-11(9)16/h6-7H,4-5H2,1-3H3. The highest BCUT2D eigenvalue weighted by atomic mass is 35.5. The lowest BCUT2D eigenvalue weighted by molar-refractivity contribution is 0.588. The van der Waals surface area contributed by atoms with E-state index in [1.54, 1.807) is 0 Å². The topological polar surface area (TPSA) is 43.6 Å². The second kappa shape index (κ2) is 4.37. The van der Waals surface area contributed by atoms with Gasteiger partial charge in [0.05, 0.1) is 0 Å². The third-order valence-corrected chi connectivity index (χ3v) is 2.75. The second-order valence-corrected chi connectivity index (χ2v) is 4.56. The fraction of sp³-hybridized carbons (Fsp3) is 0.545. The van der Waals surface area contributed by atoms with Crippen LogP contribution in [0.4, 0.5) is 0 Å². The summed E-state index contributed by atoms with van der Waals surface area (Å²) in [4.78, 5) is 12.7. The molecule has 16 heavy (non-hydrogen) atoms. The SMILES string of the molecule is CCn1c(CC(C)C)nc2c(Cl)ncnc21. The Morgan fingerprint density at radius 3 is 2.75 bits per heavy atom. The molecule has 0 amide bonds. The van der Waals surface area contributed by atoms with Gasteiger partial charge in [0.25, 0.3) is 0 Å². The van der Waals surface area contributed by atoms with Gasteiger partial charge >= 0.3 is 0 Å². The van der Waals surface area contributed by atoms with Crippen molar-refractivity contribution in [2.45, 2.75) is 33.7 Å². The third-order valence-electron chi connectivity index (χ3n) is 2.47. The molecule has 0 saturated carbocycles. The predicted octanol–water partition coefficient (Wildman–Crippen LogP) is 2.70. The summed E-state index contributed by atoms with van der Waals surface area (Å²) in [6.45, 7) is 7.28. The van der Waals surface area contributed by atoms with Crippen LogP contribution in [-0.2, 0) is 13.0 Å². The zero-order valence-electron chi connectivity index (χ0n) is 9.74. The molecule has 0 aliphatic heterocycles. The molecule has 0 bridgehead atoms. The van der Waals surface area contributed by atoms with Gasteiger partial charge < -0.3 is 4.57 Å². The van der Waals surface area contributed by atoms with Gasteiger partial charge in [0.2, 0.25) is 0 Å². The molecule has 2 rings (SSSR count). The number of nitrogens with zero attached hydrogens (tertiary/aromatic N) is 4. The first kappa shape index (κ1) is 11.3. The van der Waals surface area contributed by atoms with Crippen molar-refractivity contribution in [3.05, 3.63) is 17.3 Å². The van der Waals surface area contributed by atoms with Crippen molar-refractivity contribution in [2.75, 3.05) is 0 Å². The van der Waals surface area contributed by atoms with Crippen LogP contribution in [0, 0.1) is 5.92 Å². The van der Waals surface area contributed by atoms with Crippen LogP contribution in [0.25, 0.3) is 11.2 Å². The van der Waals surface area contributed by atoms with Crippen LogP contribution < -0.4 is 0 Å². The molecule has 0 aromatic carbocycles. The van der Waals surface area contributed by atoms with Gasteiger partial charge in [-0.3, -0.25) is 0 Å². The van der Waals surface area contributed by atoms with Crippen LogP contribution in [0.5, 0.6) is 0 Å². The number of halogens is 1. The van der Waals surface area contributed by atoms with Gasteiger partial charge in [0.15, 0.2) is 10.8 Å². The lowest BCUT2D eigenvalue weighted by Crippen LogP contribution is -2.05. The molecule has 86 valence electrons. The number of aromatic nitrogens is 4. The van der Waals surface area contributed by atoms with Gasteiger partial charge in [-0.1, -0.05) is 25.4 Å². The molecule has 2 heterocycles. The first-order valence-corrected chi connectivity index (χ1v) is 5.86. The third kappa shape index (κ3) is 1.89. The summed E-state index contributed by atoms with van der Waals surface area (Å²) in [5.41, 5.74) is 1.54. The molecular formula is C11H15ClN4. The first-order valence-electron chi connectivity index (χ1n) is 5.49. The number of rotatable bonds is 3. The number of fused-ring (bicyclic) bond motifs is 1. The van der Waals surface area contributed by atoms with Gasteiger partial charge in [-0.25, -0.2) is 15.0 Å². The monoisotopic (exact) mass is 238 g/mol. The number of hydrogen-bond donors (Lipinski definition) is 0. The Bertz CT molecular complexity index is 504. The summed E-state index contributed by atoms with van der Waals surface area (Å²) in [5.74, 6) is 1.60. The highest BCUT2D eigenvalue weighted by molar-refractivity contribution is 6.33. The molecule has 0 saturated heterocycles. The fourth-order valence-corrected chi connectivity index (χ4v) is 1.98. The van der Waals surface area contributed by atoms with E-state index in [9.17, 15) is 0 Å². The smallest absolute Gasteiger partial charge is 0.164 e. The molecule has 0 spiro atoms. The molecule has 0 N–H and O–H groups in total. The van der Waals surface area contributed by atoms with Crippen molar-refractivity contribution in [1.29, 1.82) is 0 Å². The van der Waals surface area contributed by atoms with Crippen LogP contribution in [0.3, 0.4) is 0 Å². The summed E-state index contributed by atoms with van der Waals surface area (Å²) in [6.07, 6.45) is 2.41. The van der Waals surface area contributed by atoms with E-state index in [1.807, 2.05) is 0 Å². The van der Waals surface area contributed by atoms with E-state index in [-0.39, 0.29) is 0 Å². The number of aryl methyl sites for hydroxylation is 1. The highest BCUT2D eigenvalue weighted by Crippen LogP contribution is 2.21. The Morgan fingerprint density at radius 1 is 1.38 bits per heavy atom. The number of imidazole rings is 1. The molecule has 0 aliphatic rings. The first-order chi connectivity index (χ1) is 7.63. The Hall–Kier alpha value is -1.16. The van der Waals surface area contributed by atoms with E-state index in [1.165, 1.54) is 6.33 Å². The molecule has 0 aliphatic carbocycles. The molecule has 0 radical (unpaired) electrons. The summed E-state index contributed by atoms with van der Waals surface area (Å²) >= 11 is 6.01. The number of hydrogen-bond acceptors (Lipinski definition) is 3. The summed E-state index contributed by atoms with van der Waals surface area (Å²) in [6, 6.07) is 0. The van der Waals surface area contributed by atoms with Gasteiger partial charge in [-0.05, 0) is 12.8 Å². The lowest BCUT2D eigenvalue weighted by atomic mass is 10.1. The average molecular weight is 239 g/mol. The van der Waals surface area contributed by atoms with Gasteiger partial charge in [0, 0.05) is 13.0 Å². The quantitative estimate of drug-likeness (QED) is 0.773. The fourth-order valence-electron chi connectivity index (χ4n) is 1.81. The van der Waals surface area contributed by atoms with Crippen molar-refractivity contribution >= 4 is 22.8 Å². The molecule has 4 nitrogen and oxygen atoms in total. The minimum Gasteiger partial charge on any atom is -0.313 e. The Kier molecular flexibility index (Phi) is 3.10. The predicted molar refractivity (Wildman–Crippen MR) is 64.5 cm³/mol. The largest absolute Gasteiger partial charge is 0.313 e. The normalized spacial score (nSPS) is 11.6.